The van der Waals surface area contributed by atoms with Gasteiger partial charge in [-0.05, 0) is 57.8 Å². The summed E-state index contributed by atoms with van der Waals surface area (Å²) in [5.41, 5.74) is 0.686. The Hall–Kier alpha value is -2.81. The summed E-state index contributed by atoms with van der Waals surface area (Å²) in [6.45, 7) is 3.29. The van der Waals surface area contributed by atoms with Gasteiger partial charge >= 0.3 is 6.03 Å². The molecular weight excluding hydrogens is 384 g/mol. The molecule has 2 aliphatic rings. The molecule has 160 valence electrons. The molecule has 2 aromatic rings. The van der Waals surface area contributed by atoms with Gasteiger partial charge in [0.2, 0.25) is 17.6 Å². The number of pyridine rings is 1. The van der Waals surface area contributed by atoms with Crippen LogP contribution in [0, 0.1) is 0 Å². The lowest BCUT2D eigenvalue weighted by atomic mass is 9.95. The molecule has 9 heteroatoms. The number of amides is 3. The summed E-state index contributed by atoms with van der Waals surface area (Å²) in [6.07, 6.45) is 7.57. The molecule has 1 unspecified atom stereocenters. The molecule has 0 aromatic carbocycles. The van der Waals surface area contributed by atoms with E-state index >= 15 is 0 Å². The van der Waals surface area contributed by atoms with Crippen molar-refractivity contribution in [2.75, 3.05) is 13.1 Å². The summed E-state index contributed by atoms with van der Waals surface area (Å²) in [4.78, 5) is 35.4. The lowest BCUT2D eigenvalue weighted by molar-refractivity contribution is -0.125. The Bertz CT molecular complexity index is 857. The number of carbonyl (C=O) groups is 2. The minimum Gasteiger partial charge on any atom is -0.339 e. The zero-order chi connectivity index (χ0) is 20.9. The number of nitrogens with one attached hydrogen (secondary N) is 2. The van der Waals surface area contributed by atoms with Crippen LogP contribution >= 0.6 is 0 Å². The second-order valence-electron chi connectivity index (χ2n) is 8.10. The van der Waals surface area contributed by atoms with Crippen LogP contribution in [0.25, 0.3) is 11.5 Å². The van der Waals surface area contributed by atoms with E-state index in [0.717, 1.165) is 51.6 Å². The molecule has 1 atom stereocenters. The molecule has 4 rings (SSSR count). The predicted molar refractivity (Wildman–Crippen MR) is 109 cm³/mol. The molecule has 3 amide bonds. The first kappa shape index (κ1) is 20.5. The summed E-state index contributed by atoms with van der Waals surface area (Å²) in [5, 5.41) is 9.43. The summed E-state index contributed by atoms with van der Waals surface area (Å²) in [6, 6.07) is 5.01. The van der Waals surface area contributed by atoms with Crippen LogP contribution in [0.15, 0.2) is 28.9 Å². The lowest BCUT2D eigenvalue weighted by Crippen LogP contribution is -2.52. The minimum absolute atomic E-state index is 0.159. The monoisotopic (exact) mass is 412 g/mol. The van der Waals surface area contributed by atoms with Crippen molar-refractivity contribution in [3.05, 3.63) is 30.3 Å². The molecule has 1 aliphatic carbocycles. The van der Waals surface area contributed by atoms with E-state index in [2.05, 4.69) is 30.7 Å². The van der Waals surface area contributed by atoms with E-state index in [1.54, 1.807) is 6.20 Å². The first-order valence-corrected chi connectivity index (χ1v) is 10.7. The number of nitrogens with zero attached hydrogens (tertiary/aromatic N) is 4. The highest BCUT2D eigenvalue weighted by atomic mass is 16.5. The van der Waals surface area contributed by atoms with Gasteiger partial charge in [0.05, 0.1) is 6.04 Å². The van der Waals surface area contributed by atoms with E-state index in [-0.39, 0.29) is 29.9 Å². The Morgan fingerprint density at radius 2 is 1.93 bits per heavy atom. The van der Waals surface area contributed by atoms with Gasteiger partial charge in [-0.25, -0.2) is 4.79 Å². The van der Waals surface area contributed by atoms with Gasteiger partial charge < -0.3 is 9.84 Å². The fourth-order valence-electron chi connectivity index (χ4n) is 4.21. The average molecular weight is 412 g/mol. The molecule has 2 N–H and O–H groups in total. The van der Waals surface area contributed by atoms with Crippen LogP contribution in [0.4, 0.5) is 4.79 Å². The Labute approximate surface area is 175 Å². The van der Waals surface area contributed by atoms with Gasteiger partial charge in [0.25, 0.3) is 0 Å². The number of imide groups is 1. The third-order valence-corrected chi connectivity index (χ3v) is 6.07. The van der Waals surface area contributed by atoms with Crippen molar-refractivity contribution < 1.29 is 14.1 Å². The van der Waals surface area contributed by atoms with Crippen molar-refractivity contribution in [3.63, 3.8) is 0 Å². The summed E-state index contributed by atoms with van der Waals surface area (Å²) in [5.74, 6) is 1.00. The van der Waals surface area contributed by atoms with E-state index in [4.69, 9.17) is 4.52 Å². The highest BCUT2D eigenvalue weighted by molar-refractivity contribution is 5.96. The number of rotatable bonds is 5. The minimum atomic E-state index is -0.387. The van der Waals surface area contributed by atoms with E-state index in [1.807, 2.05) is 25.1 Å². The number of urea groups is 1. The number of piperidine rings is 1. The standard InChI is InChI=1S/C21H28N6O3/c1-14(19(28)25-21(29)23-16-6-2-3-7-16)27-12-9-15(10-13-27)20-24-18(26-30-20)17-8-4-5-11-22-17/h4-5,8,11,14-16H,2-3,6-7,9-10,12-13H2,1H3,(H2,23,25,28,29). The summed E-state index contributed by atoms with van der Waals surface area (Å²) >= 11 is 0. The molecule has 0 bridgehead atoms. The van der Waals surface area contributed by atoms with Crippen molar-refractivity contribution in [1.82, 2.24) is 30.7 Å². The second-order valence-corrected chi connectivity index (χ2v) is 8.10. The molecule has 3 heterocycles. The number of hydrogen-bond donors (Lipinski definition) is 2. The Kier molecular flexibility index (Phi) is 6.37. The van der Waals surface area contributed by atoms with Crippen molar-refractivity contribution >= 4 is 11.9 Å². The molecule has 1 saturated carbocycles. The highest BCUT2D eigenvalue weighted by Gasteiger charge is 2.31. The molecular formula is C21H28N6O3. The number of likely N-dealkylation sites (tertiary alicyclic amines) is 1. The van der Waals surface area contributed by atoms with Gasteiger partial charge in [-0.2, -0.15) is 4.98 Å². The fourth-order valence-corrected chi connectivity index (χ4v) is 4.21. The maximum atomic E-state index is 12.5. The number of carbonyl (C=O) groups excluding carboxylic acids is 2. The Morgan fingerprint density at radius 1 is 1.17 bits per heavy atom. The molecule has 2 fully saturated rings. The van der Waals surface area contributed by atoms with Crippen LogP contribution in [-0.4, -0.2) is 57.1 Å². The quantitative estimate of drug-likeness (QED) is 0.775. The van der Waals surface area contributed by atoms with E-state index in [9.17, 15) is 9.59 Å². The van der Waals surface area contributed by atoms with Crippen LogP contribution in [-0.2, 0) is 4.79 Å². The van der Waals surface area contributed by atoms with Crippen molar-refractivity contribution in [1.29, 1.82) is 0 Å². The first-order chi connectivity index (χ1) is 14.6. The summed E-state index contributed by atoms with van der Waals surface area (Å²) < 4.78 is 5.47. The zero-order valence-corrected chi connectivity index (χ0v) is 17.2. The molecule has 2 aromatic heterocycles. The largest absolute Gasteiger partial charge is 0.339 e. The van der Waals surface area contributed by atoms with Gasteiger partial charge in [0, 0.05) is 18.2 Å². The van der Waals surface area contributed by atoms with Gasteiger partial charge in [0.1, 0.15) is 5.69 Å². The van der Waals surface area contributed by atoms with Crippen molar-refractivity contribution in [2.45, 2.75) is 63.5 Å². The van der Waals surface area contributed by atoms with Gasteiger partial charge in [-0.15, -0.1) is 0 Å². The molecule has 30 heavy (non-hydrogen) atoms. The first-order valence-electron chi connectivity index (χ1n) is 10.7. The second kappa shape index (κ2) is 9.34. The Balaban J connectivity index is 1.26. The topological polar surface area (TPSA) is 113 Å². The normalized spacial score (nSPS) is 19.5. The number of hydrogen-bond acceptors (Lipinski definition) is 7. The SMILES string of the molecule is CC(C(=O)NC(=O)NC1CCCC1)N1CCC(c2nc(-c3ccccn3)no2)CC1. The lowest BCUT2D eigenvalue weighted by Gasteiger charge is -2.34. The van der Waals surface area contributed by atoms with Gasteiger partial charge in [-0.3, -0.25) is 20.0 Å². The molecule has 9 nitrogen and oxygen atoms in total. The van der Waals surface area contributed by atoms with Gasteiger partial charge in [0.15, 0.2) is 0 Å². The molecule has 0 radical (unpaired) electrons. The van der Waals surface area contributed by atoms with Crippen LogP contribution < -0.4 is 10.6 Å². The van der Waals surface area contributed by atoms with Crippen molar-refractivity contribution in [3.8, 4) is 11.5 Å². The zero-order valence-electron chi connectivity index (χ0n) is 17.2. The molecule has 1 aliphatic heterocycles. The maximum absolute atomic E-state index is 12.5. The molecule has 1 saturated heterocycles. The molecule has 0 spiro atoms. The smallest absolute Gasteiger partial charge is 0.321 e. The van der Waals surface area contributed by atoms with Gasteiger partial charge in [-0.1, -0.05) is 24.1 Å². The van der Waals surface area contributed by atoms with Crippen LogP contribution in [0.3, 0.4) is 0 Å². The summed E-state index contributed by atoms with van der Waals surface area (Å²) in [7, 11) is 0. The van der Waals surface area contributed by atoms with E-state index < -0.39 is 0 Å². The van der Waals surface area contributed by atoms with E-state index in [1.165, 1.54) is 0 Å². The third kappa shape index (κ3) is 4.84. The third-order valence-electron chi connectivity index (χ3n) is 6.07. The van der Waals surface area contributed by atoms with Crippen molar-refractivity contribution in [2.24, 2.45) is 0 Å². The fraction of sp³-hybridized carbons (Fsp3) is 0.571. The Morgan fingerprint density at radius 3 is 2.63 bits per heavy atom. The van der Waals surface area contributed by atoms with E-state index in [0.29, 0.717) is 17.4 Å². The highest BCUT2D eigenvalue weighted by Crippen LogP contribution is 2.29. The predicted octanol–water partition coefficient (Wildman–Crippen LogP) is 2.47. The van der Waals surface area contributed by atoms with Crippen LogP contribution in [0.5, 0.6) is 0 Å². The maximum Gasteiger partial charge on any atom is 0.321 e. The average Bonchev–Trinajstić information content (AvgIpc) is 3.46. The van der Waals surface area contributed by atoms with Crippen LogP contribution in [0.2, 0.25) is 0 Å². The number of aromatic nitrogens is 3. The van der Waals surface area contributed by atoms with Crippen LogP contribution in [0.1, 0.15) is 57.3 Å².